The third kappa shape index (κ3) is 7.16. The van der Waals surface area contributed by atoms with Crippen LogP contribution in [0.1, 0.15) is 48.5 Å². The highest BCUT2D eigenvalue weighted by molar-refractivity contribution is 8.26. The molecule has 1 N–H and O–H groups in total. The Labute approximate surface area is 213 Å². The fourth-order valence-corrected chi connectivity index (χ4v) is 4.62. The first kappa shape index (κ1) is 25.9. The highest BCUT2D eigenvalue weighted by atomic mass is 35.5. The minimum absolute atomic E-state index is 0.184. The SMILES string of the molecule is CCCCOC(=O)c1ccc(NC(=O)CCCN2C(=O)/C(=C/c3ccccc3Cl)SC2=S)cc1. The van der Waals surface area contributed by atoms with E-state index >= 15 is 0 Å². The molecule has 1 aliphatic rings. The molecule has 1 fully saturated rings. The molecule has 2 aromatic rings. The van der Waals surface area contributed by atoms with Crippen molar-refractivity contribution in [3.8, 4) is 0 Å². The van der Waals surface area contributed by atoms with Crippen LogP contribution in [0.2, 0.25) is 5.02 Å². The lowest BCUT2D eigenvalue weighted by Gasteiger charge is -2.14. The molecule has 0 unspecified atom stereocenters. The Kier molecular flexibility index (Phi) is 9.68. The molecule has 178 valence electrons. The number of carbonyl (C=O) groups excluding carboxylic acids is 3. The molecule has 1 saturated heterocycles. The minimum atomic E-state index is -0.376. The molecule has 2 amide bonds. The summed E-state index contributed by atoms with van der Waals surface area (Å²) in [6.07, 6.45) is 4.19. The molecule has 0 bridgehead atoms. The van der Waals surface area contributed by atoms with Gasteiger partial charge in [0.05, 0.1) is 17.1 Å². The van der Waals surface area contributed by atoms with Gasteiger partial charge in [0.25, 0.3) is 5.91 Å². The second-order valence-electron chi connectivity index (χ2n) is 7.57. The van der Waals surface area contributed by atoms with Crippen molar-refractivity contribution in [3.05, 3.63) is 69.6 Å². The fourth-order valence-electron chi connectivity index (χ4n) is 3.13. The van der Waals surface area contributed by atoms with Crippen molar-refractivity contribution in [2.75, 3.05) is 18.5 Å². The summed E-state index contributed by atoms with van der Waals surface area (Å²) in [5.41, 5.74) is 1.78. The highest BCUT2D eigenvalue weighted by Crippen LogP contribution is 2.33. The molecular formula is C25H25ClN2O4S2. The summed E-state index contributed by atoms with van der Waals surface area (Å²) in [5, 5.41) is 3.36. The zero-order chi connectivity index (χ0) is 24.5. The molecule has 0 aliphatic carbocycles. The normalized spacial score (nSPS) is 14.5. The summed E-state index contributed by atoms with van der Waals surface area (Å²) in [7, 11) is 0. The van der Waals surface area contributed by atoms with Crippen LogP contribution in [0.5, 0.6) is 0 Å². The van der Waals surface area contributed by atoms with Crippen molar-refractivity contribution in [2.24, 2.45) is 0 Å². The molecule has 1 aliphatic heterocycles. The van der Waals surface area contributed by atoms with Gasteiger partial charge in [-0.1, -0.05) is 67.1 Å². The molecule has 0 radical (unpaired) electrons. The second kappa shape index (κ2) is 12.7. The third-order valence-electron chi connectivity index (χ3n) is 4.99. The van der Waals surface area contributed by atoms with Gasteiger partial charge in [0.15, 0.2) is 0 Å². The van der Waals surface area contributed by atoms with Crippen LogP contribution in [-0.2, 0) is 14.3 Å². The Hall–Kier alpha value is -2.68. The van der Waals surface area contributed by atoms with E-state index < -0.39 is 0 Å². The molecule has 0 aromatic heterocycles. The van der Waals surface area contributed by atoms with E-state index in [-0.39, 0.29) is 24.2 Å². The van der Waals surface area contributed by atoms with Crippen LogP contribution >= 0.6 is 35.6 Å². The summed E-state index contributed by atoms with van der Waals surface area (Å²) >= 11 is 12.8. The lowest BCUT2D eigenvalue weighted by molar-refractivity contribution is -0.122. The highest BCUT2D eigenvalue weighted by Gasteiger charge is 2.31. The minimum Gasteiger partial charge on any atom is -0.462 e. The average molecular weight is 517 g/mol. The number of ether oxygens (including phenoxy) is 1. The van der Waals surface area contributed by atoms with Gasteiger partial charge >= 0.3 is 5.97 Å². The smallest absolute Gasteiger partial charge is 0.338 e. The Morgan fingerprint density at radius 3 is 2.59 bits per heavy atom. The summed E-state index contributed by atoms with van der Waals surface area (Å²) in [4.78, 5) is 39.0. The molecule has 2 aromatic carbocycles. The predicted molar refractivity (Wildman–Crippen MR) is 141 cm³/mol. The monoisotopic (exact) mass is 516 g/mol. The second-order valence-corrected chi connectivity index (χ2v) is 9.66. The van der Waals surface area contributed by atoms with Gasteiger partial charge < -0.3 is 10.1 Å². The van der Waals surface area contributed by atoms with Crippen molar-refractivity contribution in [1.29, 1.82) is 0 Å². The number of hydrogen-bond donors (Lipinski definition) is 1. The molecule has 0 spiro atoms. The number of nitrogens with one attached hydrogen (secondary N) is 1. The maximum atomic E-state index is 12.7. The van der Waals surface area contributed by atoms with E-state index in [2.05, 4.69) is 5.32 Å². The molecular weight excluding hydrogens is 492 g/mol. The van der Waals surface area contributed by atoms with Gasteiger partial charge in [-0.15, -0.1) is 0 Å². The average Bonchev–Trinajstić information content (AvgIpc) is 3.08. The first-order valence-corrected chi connectivity index (χ1v) is 12.6. The molecule has 9 heteroatoms. The van der Waals surface area contributed by atoms with Gasteiger partial charge in [-0.2, -0.15) is 0 Å². The number of nitrogens with zero attached hydrogens (tertiary/aromatic N) is 1. The van der Waals surface area contributed by atoms with Crippen molar-refractivity contribution >= 4 is 69.4 Å². The van der Waals surface area contributed by atoms with E-state index in [0.29, 0.717) is 45.1 Å². The molecule has 0 atom stereocenters. The van der Waals surface area contributed by atoms with E-state index in [4.69, 9.17) is 28.6 Å². The first-order valence-electron chi connectivity index (χ1n) is 11.0. The van der Waals surface area contributed by atoms with Gasteiger partial charge in [0.2, 0.25) is 5.91 Å². The van der Waals surface area contributed by atoms with Crippen LogP contribution in [0, 0.1) is 0 Å². The Morgan fingerprint density at radius 1 is 1.15 bits per heavy atom. The zero-order valence-corrected chi connectivity index (χ0v) is 21.1. The molecule has 34 heavy (non-hydrogen) atoms. The van der Waals surface area contributed by atoms with Crippen LogP contribution in [0.3, 0.4) is 0 Å². The standard InChI is InChI=1S/C25H25ClN2O4S2/c1-2-3-15-32-24(31)17-10-12-19(13-11-17)27-22(29)9-6-14-28-23(30)21(34-25(28)33)16-18-7-4-5-8-20(18)26/h4-5,7-8,10-13,16H,2-3,6,9,14-15H2,1H3,(H,27,29)/b21-16-. The van der Waals surface area contributed by atoms with Crippen LogP contribution in [-0.4, -0.2) is 40.2 Å². The number of carbonyl (C=O) groups is 3. The zero-order valence-electron chi connectivity index (χ0n) is 18.7. The third-order valence-corrected chi connectivity index (χ3v) is 6.71. The summed E-state index contributed by atoms with van der Waals surface area (Å²) in [6.45, 7) is 2.77. The summed E-state index contributed by atoms with van der Waals surface area (Å²) in [5.74, 6) is -0.745. The molecule has 3 rings (SSSR count). The van der Waals surface area contributed by atoms with Crippen molar-refractivity contribution < 1.29 is 19.1 Å². The van der Waals surface area contributed by atoms with E-state index in [9.17, 15) is 14.4 Å². The van der Waals surface area contributed by atoms with E-state index in [0.717, 1.165) is 18.4 Å². The Balaban J connectivity index is 1.46. The van der Waals surface area contributed by atoms with Crippen molar-refractivity contribution in [3.63, 3.8) is 0 Å². The quantitative estimate of drug-likeness (QED) is 0.183. The largest absolute Gasteiger partial charge is 0.462 e. The fraction of sp³-hybridized carbons (Fsp3) is 0.280. The number of halogens is 1. The Morgan fingerprint density at radius 2 is 1.88 bits per heavy atom. The van der Waals surface area contributed by atoms with E-state index in [1.54, 1.807) is 36.4 Å². The number of anilines is 1. The number of thioether (sulfide) groups is 1. The lowest BCUT2D eigenvalue weighted by atomic mass is 10.2. The van der Waals surface area contributed by atoms with Gasteiger partial charge in [-0.25, -0.2) is 4.79 Å². The van der Waals surface area contributed by atoms with Crippen molar-refractivity contribution in [1.82, 2.24) is 4.90 Å². The van der Waals surface area contributed by atoms with Crippen LogP contribution in [0.4, 0.5) is 5.69 Å². The maximum Gasteiger partial charge on any atom is 0.338 e. The number of amides is 2. The number of rotatable bonds is 10. The maximum absolute atomic E-state index is 12.7. The van der Waals surface area contributed by atoms with E-state index in [1.807, 2.05) is 25.1 Å². The first-order chi connectivity index (χ1) is 16.4. The molecule has 1 heterocycles. The van der Waals surface area contributed by atoms with Gasteiger partial charge in [0.1, 0.15) is 4.32 Å². The lowest BCUT2D eigenvalue weighted by Crippen LogP contribution is -2.29. The van der Waals surface area contributed by atoms with Gasteiger partial charge in [0, 0.05) is 23.7 Å². The Bertz CT molecular complexity index is 1100. The van der Waals surface area contributed by atoms with Crippen molar-refractivity contribution in [2.45, 2.75) is 32.6 Å². The number of hydrogen-bond acceptors (Lipinski definition) is 6. The molecule has 6 nitrogen and oxygen atoms in total. The molecule has 0 saturated carbocycles. The number of thiocarbonyl (C=S) groups is 1. The topological polar surface area (TPSA) is 75.7 Å². The predicted octanol–water partition coefficient (Wildman–Crippen LogP) is 5.92. The van der Waals surface area contributed by atoms with E-state index in [1.165, 1.54) is 16.7 Å². The van der Waals surface area contributed by atoms with Crippen LogP contribution in [0.15, 0.2) is 53.4 Å². The van der Waals surface area contributed by atoms with Crippen LogP contribution in [0.25, 0.3) is 6.08 Å². The number of esters is 1. The number of benzene rings is 2. The number of unbranched alkanes of at least 4 members (excludes halogenated alkanes) is 1. The van der Waals surface area contributed by atoms with Gasteiger partial charge in [-0.05, 0) is 54.8 Å². The van der Waals surface area contributed by atoms with Crippen LogP contribution < -0.4 is 5.32 Å². The van der Waals surface area contributed by atoms with Gasteiger partial charge in [-0.3, -0.25) is 14.5 Å². The summed E-state index contributed by atoms with van der Waals surface area (Å²) in [6, 6.07) is 13.8. The summed E-state index contributed by atoms with van der Waals surface area (Å²) < 4.78 is 5.64.